The lowest BCUT2D eigenvalue weighted by Gasteiger charge is -2.11. The summed E-state index contributed by atoms with van der Waals surface area (Å²) >= 11 is 12.5. The number of hydrogen-bond donors (Lipinski definition) is 2. The summed E-state index contributed by atoms with van der Waals surface area (Å²) in [4.78, 5) is 24.5. The first-order valence-corrected chi connectivity index (χ1v) is 10.7. The number of hydrogen-bond acceptors (Lipinski definition) is 4. The standard InChI is InChI=1S/C25H18Cl2FN3O3/c1-15-2-6-19(7-3-15)30-23(32)14-34-24-21(26)11-16(12-22(24)27)10-17(13-29)25(33)31-20-8-4-18(28)5-9-20/h2-12H,14H2,1H3,(H,30,32)(H,31,33)/b17-10+. The van der Waals surface area contributed by atoms with Crippen LogP contribution in [0, 0.1) is 24.1 Å². The molecule has 0 saturated heterocycles. The summed E-state index contributed by atoms with van der Waals surface area (Å²) in [6.07, 6.45) is 1.30. The highest BCUT2D eigenvalue weighted by Gasteiger charge is 2.14. The Hall–Kier alpha value is -3.86. The topological polar surface area (TPSA) is 91.2 Å². The van der Waals surface area contributed by atoms with Gasteiger partial charge in [0, 0.05) is 11.4 Å². The molecule has 34 heavy (non-hydrogen) atoms. The SMILES string of the molecule is Cc1ccc(NC(=O)COc2c(Cl)cc(/C=C(\C#N)C(=O)Nc3ccc(F)cc3)cc2Cl)cc1. The normalized spacial score (nSPS) is 10.9. The van der Waals surface area contributed by atoms with Crippen molar-refractivity contribution in [2.75, 3.05) is 17.2 Å². The molecule has 0 radical (unpaired) electrons. The summed E-state index contributed by atoms with van der Waals surface area (Å²) in [7, 11) is 0. The van der Waals surface area contributed by atoms with E-state index in [1.165, 1.54) is 42.5 Å². The fourth-order valence-electron chi connectivity index (χ4n) is 2.82. The van der Waals surface area contributed by atoms with Crippen LogP contribution in [0.5, 0.6) is 5.75 Å². The van der Waals surface area contributed by atoms with Gasteiger partial charge in [0.25, 0.3) is 11.8 Å². The van der Waals surface area contributed by atoms with Crippen molar-refractivity contribution in [2.24, 2.45) is 0 Å². The fraction of sp³-hybridized carbons (Fsp3) is 0.0800. The van der Waals surface area contributed by atoms with Gasteiger partial charge in [-0.2, -0.15) is 5.26 Å². The molecular formula is C25H18Cl2FN3O3. The van der Waals surface area contributed by atoms with Gasteiger partial charge in [-0.3, -0.25) is 9.59 Å². The summed E-state index contributed by atoms with van der Waals surface area (Å²) < 4.78 is 18.5. The van der Waals surface area contributed by atoms with E-state index < -0.39 is 17.6 Å². The van der Waals surface area contributed by atoms with Crippen LogP contribution in [0.1, 0.15) is 11.1 Å². The number of ether oxygens (including phenoxy) is 1. The zero-order valence-corrected chi connectivity index (χ0v) is 19.4. The molecule has 0 aromatic heterocycles. The molecule has 9 heteroatoms. The van der Waals surface area contributed by atoms with Gasteiger partial charge in [0.15, 0.2) is 12.4 Å². The maximum atomic E-state index is 13.0. The van der Waals surface area contributed by atoms with Crippen molar-refractivity contribution in [3.63, 3.8) is 0 Å². The van der Waals surface area contributed by atoms with E-state index in [4.69, 9.17) is 27.9 Å². The van der Waals surface area contributed by atoms with Gasteiger partial charge >= 0.3 is 0 Å². The molecule has 0 aliphatic rings. The highest BCUT2D eigenvalue weighted by Crippen LogP contribution is 2.35. The number of carbonyl (C=O) groups is 2. The Kier molecular flexibility index (Phi) is 8.25. The Morgan fingerprint density at radius 2 is 1.56 bits per heavy atom. The fourth-order valence-corrected chi connectivity index (χ4v) is 3.43. The Morgan fingerprint density at radius 1 is 1.00 bits per heavy atom. The highest BCUT2D eigenvalue weighted by atomic mass is 35.5. The monoisotopic (exact) mass is 497 g/mol. The minimum Gasteiger partial charge on any atom is -0.481 e. The van der Waals surface area contributed by atoms with E-state index in [-0.39, 0.29) is 28.0 Å². The molecule has 3 rings (SSSR count). The van der Waals surface area contributed by atoms with E-state index >= 15 is 0 Å². The Balaban J connectivity index is 1.68. The van der Waals surface area contributed by atoms with Gasteiger partial charge in [-0.15, -0.1) is 0 Å². The molecule has 2 N–H and O–H groups in total. The van der Waals surface area contributed by atoms with Crippen LogP contribution in [0.3, 0.4) is 0 Å². The van der Waals surface area contributed by atoms with Crippen LogP contribution in [0.4, 0.5) is 15.8 Å². The molecule has 3 aromatic rings. The van der Waals surface area contributed by atoms with Gasteiger partial charge in [0.1, 0.15) is 17.5 Å². The van der Waals surface area contributed by atoms with Crippen molar-refractivity contribution in [3.8, 4) is 11.8 Å². The number of aryl methyl sites for hydroxylation is 1. The number of nitrogens with zero attached hydrogens (tertiary/aromatic N) is 1. The number of amides is 2. The molecule has 0 spiro atoms. The molecule has 3 aromatic carbocycles. The Labute approximate surface area is 205 Å². The molecule has 172 valence electrons. The third kappa shape index (κ3) is 6.82. The van der Waals surface area contributed by atoms with Crippen LogP contribution in [-0.2, 0) is 9.59 Å². The highest BCUT2D eigenvalue weighted by molar-refractivity contribution is 6.37. The van der Waals surface area contributed by atoms with Gasteiger partial charge < -0.3 is 15.4 Å². The van der Waals surface area contributed by atoms with Crippen molar-refractivity contribution >= 4 is 52.5 Å². The first-order valence-electron chi connectivity index (χ1n) is 9.92. The van der Waals surface area contributed by atoms with Crippen molar-refractivity contribution in [1.29, 1.82) is 5.26 Å². The Morgan fingerprint density at radius 3 is 2.15 bits per heavy atom. The zero-order valence-electron chi connectivity index (χ0n) is 17.9. The number of carbonyl (C=O) groups excluding carboxylic acids is 2. The van der Waals surface area contributed by atoms with Crippen molar-refractivity contribution in [2.45, 2.75) is 6.92 Å². The van der Waals surface area contributed by atoms with Crippen molar-refractivity contribution < 1.29 is 18.7 Å². The van der Waals surface area contributed by atoms with Crippen LogP contribution in [0.25, 0.3) is 6.08 Å². The smallest absolute Gasteiger partial charge is 0.266 e. The molecule has 0 saturated carbocycles. The first kappa shape index (κ1) is 24.8. The third-order valence-electron chi connectivity index (χ3n) is 4.48. The second-order valence-electron chi connectivity index (χ2n) is 7.15. The van der Waals surface area contributed by atoms with Gasteiger partial charge in [-0.25, -0.2) is 4.39 Å². The van der Waals surface area contributed by atoms with Crippen LogP contribution in [0.15, 0.2) is 66.2 Å². The predicted octanol–water partition coefficient (Wildman–Crippen LogP) is 6.00. The van der Waals surface area contributed by atoms with Gasteiger partial charge in [-0.05, 0) is 67.1 Å². The molecular weight excluding hydrogens is 480 g/mol. The Bertz CT molecular complexity index is 1260. The lowest BCUT2D eigenvalue weighted by molar-refractivity contribution is -0.118. The second kappa shape index (κ2) is 11.3. The van der Waals surface area contributed by atoms with Gasteiger partial charge in [0.2, 0.25) is 0 Å². The average molecular weight is 498 g/mol. The number of nitrogens with one attached hydrogen (secondary N) is 2. The van der Waals surface area contributed by atoms with Gasteiger partial charge in [-0.1, -0.05) is 40.9 Å². The summed E-state index contributed by atoms with van der Waals surface area (Å²) in [5, 5.41) is 14.8. The van der Waals surface area contributed by atoms with Crippen molar-refractivity contribution in [3.05, 3.63) is 93.2 Å². The first-order chi connectivity index (χ1) is 16.2. The summed E-state index contributed by atoms with van der Waals surface area (Å²) in [5.41, 5.74) is 2.17. The van der Waals surface area contributed by atoms with E-state index in [1.54, 1.807) is 18.2 Å². The minimum absolute atomic E-state index is 0.0915. The molecule has 0 aliphatic heterocycles. The molecule has 6 nitrogen and oxygen atoms in total. The number of rotatable bonds is 7. The van der Waals surface area contributed by atoms with E-state index in [0.29, 0.717) is 16.9 Å². The molecule has 0 aliphatic carbocycles. The zero-order chi connectivity index (χ0) is 24.7. The second-order valence-corrected chi connectivity index (χ2v) is 7.96. The van der Waals surface area contributed by atoms with E-state index in [9.17, 15) is 19.2 Å². The van der Waals surface area contributed by atoms with Crippen LogP contribution in [0.2, 0.25) is 10.0 Å². The minimum atomic E-state index is -0.686. The number of nitriles is 1. The summed E-state index contributed by atoms with van der Waals surface area (Å²) in [6.45, 7) is 1.61. The largest absolute Gasteiger partial charge is 0.481 e. The quantitative estimate of drug-likeness (QED) is 0.309. The van der Waals surface area contributed by atoms with E-state index in [1.807, 2.05) is 19.1 Å². The van der Waals surface area contributed by atoms with Crippen LogP contribution in [-0.4, -0.2) is 18.4 Å². The maximum Gasteiger partial charge on any atom is 0.266 e. The molecule has 0 bridgehead atoms. The summed E-state index contributed by atoms with van der Waals surface area (Å²) in [6, 6.07) is 17.1. The lowest BCUT2D eigenvalue weighted by atomic mass is 10.1. The molecule has 0 heterocycles. The van der Waals surface area contributed by atoms with Gasteiger partial charge in [0.05, 0.1) is 10.0 Å². The predicted molar refractivity (Wildman–Crippen MR) is 130 cm³/mol. The molecule has 0 fully saturated rings. The average Bonchev–Trinajstić information content (AvgIpc) is 2.80. The molecule has 2 amide bonds. The summed E-state index contributed by atoms with van der Waals surface area (Å²) in [5.74, 6) is -1.44. The van der Waals surface area contributed by atoms with Crippen LogP contribution < -0.4 is 15.4 Å². The number of anilines is 2. The van der Waals surface area contributed by atoms with Crippen LogP contribution >= 0.6 is 23.2 Å². The number of benzene rings is 3. The van der Waals surface area contributed by atoms with Crippen molar-refractivity contribution in [1.82, 2.24) is 0 Å². The molecule has 0 unspecified atom stereocenters. The molecule has 0 atom stereocenters. The third-order valence-corrected chi connectivity index (χ3v) is 5.04. The lowest BCUT2D eigenvalue weighted by Crippen LogP contribution is -2.20. The number of halogens is 3. The maximum absolute atomic E-state index is 13.0. The van der Waals surface area contributed by atoms with E-state index in [2.05, 4.69) is 10.6 Å². The van der Waals surface area contributed by atoms with E-state index in [0.717, 1.165) is 5.56 Å².